The molecule has 2 atom stereocenters. The van der Waals surface area contributed by atoms with E-state index in [1.54, 1.807) is 0 Å². The van der Waals surface area contributed by atoms with Crippen LogP contribution in [0.5, 0.6) is 0 Å². The maximum Gasteiger partial charge on any atom is 0.306 e. The topological polar surface area (TPSA) is 78.9 Å². The summed E-state index contributed by atoms with van der Waals surface area (Å²) in [7, 11) is 0. The fourth-order valence-electron chi connectivity index (χ4n) is 9.73. The Bertz CT molecular complexity index is 1060. The third-order valence-corrected chi connectivity index (χ3v) is 14.8. The first-order valence-corrected chi connectivity index (χ1v) is 31.3. The van der Waals surface area contributed by atoms with Crippen LogP contribution in [0.25, 0.3) is 0 Å². The molecule has 6 heteroatoms. The lowest BCUT2D eigenvalue weighted by molar-refractivity contribution is -0.167. The standard InChI is InChI=1S/C63H122O6/c1-6-8-9-10-11-12-13-14-15-16-17-18-21-24-27-33-38-43-48-53-61(64)67-56-60(57-68-62(65)54-49-44-39-34-30-29-32-37-42-47-52-59(5)7-2)69-63(66)55-50-45-40-35-28-25-22-19-20-23-26-31-36-41-46-51-58(3)4/h58-60H,6-57H2,1-5H3/t59?,60-/m1/s1. The quantitative estimate of drug-likeness (QED) is 0.0343. The number of rotatable bonds is 57. The third kappa shape index (κ3) is 55.6. The molecule has 0 amide bonds. The van der Waals surface area contributed by atoms with E-state index in [1.165, 1.54) is 244 Å². The molecule has 0 fully saturated rings. The lowest BCUT2D eigenvalue weighted by Crippen LogP contribution is -2.30. The van der Waals surface area contributed by atoms with Crippen LogP contribution in [0.15, 0.2) is 0 Å². The van der Waals surface area contributed by atoms with E-state index in [4.69, 9.17) is 14.2 Å². The minimum atomic E-state index is -0.764. The summed E-state index contributed by atoms with van der Waals surface area (Å²) in [6.07, 6.45) is 60.9. The zero-order chi connectivity index (χ0) is 50.4. The lowest BCUT2D eigenvalue weighted by atomic mass is 9.99. The molecule has 0 aromatic heterocycles. The second-order valence-electron chi connectivity index (χ2n) is 22.4. The van der Waals surface area contributed by atoms with Crippen LogP contribution in [0, 0.1) is 11.8 Å². The first-order chi connectivity index (χ1) is 33.8. The van der Waals surface area contributed by atoms with Crippen LogP contribution in [0.2, 0.25) is 0 Å². The van der Waals surface area contributed by atoms with Crippen molar-refractivity contribution < 1.29 is 28.6 Å². The number of carbonyl (C=O) groups excluding carboxylic acids is 3. The normalized spacial score (nSPS) is 12.4. The first-order valence-electron chi connectivity index (χ1n) is 31.3. The average molecular weight is 976 g/mol. The van der Waals surface area contributed by atoms with Crippen molar-refractivity contribution in [3.05, 3.63) is 0 Å². The van der Waals surface area contributed by atoms with Crippen molar-refractivity contribution in [2.24, 2.45) is 11.8 Å². The lowest BCUT2D eigenvalue weighted by Gasteiger charge is -2.18. The van der Waals surface area contributed by atoms with Gasteiger partial charge in [-0.15, -0.1) is 0 Å². The molecule has 0 rings (SSSR count). The summed E-state index contributed by atoms with van der Waals surface area (Å²) in [4.78, 5) is 38.3. The number of hydrogen-bond acceptors (Lipinski definition) is 6. The van der Waals surface area contributed by atoms with Gasteiger partial charge in [-0.05, 0) is 31.1 Å². The molecular weight excluding hydrogens is 853 g/mol. The zero-order valence-electron chi connectivity index (χ0n) is 47.5. The fourth-order valence-corrected chi connectivity index (χ4v) is 9.73. The maximum atomic E-state index is 12.9. The first kappa shape index (κ1) is 67.4. The van der Waals surface area contributed by atoms with Crippen LogP contribution in [-0.2, 0) is 28.6 Å². The van der Waals surface area contributed by atoms with Crippen molar-refractivity contribution in [2.75, 3.05) is 13.2 Å². The van der Waals surface area contributed by atoms with Gasteiger partial charge in [-0.2, -0.15) is 0 Å². The Kier molecular flexibility index (Phi) is 54.4. The van der Waals surface area contributed by atoms with E-state index in [-0.39, 0.29) is 31.1 Å². The Labute approximate surface area is 431 Å². The van der Waals surface area contributed by atoms with E-state index in [1.807, 2.05) is 0 Å². The number of esters is 3. The highest BCUT2D eigenvalue weighted by molar-refractivity contribution is 5.71. The van der Waals surface area contributed by atoms with Gasteiger partial charge in [-0.25, -0.2) is 0 Å². The SMILES string of the molecule is CCCCCCCCCCCCCCCCCCCCCC(=O)OC[C@H](COC(=O)CCCCCCCCCCCCC(C)CC)OC(=O)CCCCCCCCCCCCCCCCCC(C)C. The van der Waals surface area contributed by atoms with E-state index in [0.717, 1.165) is 69.6 Å². The predicted molar refractivity (Wildman–Crippen MR) is 298 cm³/mol. The highest BCUT2D eigenvalue weighted by Gasteiger charge is 2.19. The van der Waals surface area contributed by atoms with Gasteiger partial charge in [0.05, 0.1) is 0 Å². The average Bonchev–Trinajstić information content (AvgIpc) is 3.34. The van der Waals surface area contributed by atoms with Crippen molar-refractivity contribution in [3.8, 4) is 0 Å². The summed E-state index contributed by atoms with van der Waals surface area (Å²) in [6.45, 7) is 11.5. The van der Waals surface area contributed by atoms with Crippen LogP contribution in [0.3, 0.4) is 0 Å². The number of carbonyl (C=O) groups is 3. The van der Waals surface area contributed by atoms with Crippen LogP contribution < -0.4 is 0 Å². The Balaban J connectivity index is 4.28. The molecule has 69 heavy (non-hydrogen) atoms. The van der Waals surface area contributed by atoms with Crippen molar-refractivity contribution in [3.63, 3.8) is 0 Å². The number of hydrogen-bond donors (Lipinski definition) is 0. The van der Waals surface area contributed by atoms with E-state index < -0.39 is 6.10 Å². The molecule has 1 unspecified atom stereocenters. The molecular formula is C63H122O6. The number of ether oxygens (including phenoxy) is 3. The molecule has 0 aliphatic heterocycles. The van der Waals surface area contributed by atoms with E-state index in [2.05, 4.69) is 34.6 Å². The van der Waals surface area contributed by atoms with Crippen LogP contribution in [0.1, 0.15) is 356 Å². The van der Waals surface area contributed by atoms with Gasteiger partial charge in [0.15, 0.2) is 6.10 Å². The molecule has 0 aromatic rings. The van der Waals surface area contributed by atoms with Crippen LogP contribution >= 0.6 is 0 Å². The summed E-state index contributed by atoms with van der Waals surface area (Å²) in [5, 5.41) is 0. The Morgan fingerprint density at radius 2 is 0.551 bits per heavy atom. The number of unbranched alkanes of at least 4 members (excludes halogenated alkanes) is 41. The van der Waals surface area contributed by atoms with Crippen molar-refractivity contribution >= 4 is 17.9 Å². The molecule has 0 spiro atoms. The highest BCUT2D eigenvalue weighted by atomic mass is 16.6. The highest BCUT2D eigenvalue weighted by Crippen LogP contribution is 2.19. The van der Waals surface area contributed by atoms with E-state index >= 15 is 0 Å². The van der Waals surface area contributed by atoms with Gasteiger partial charge in [0.1, 0.15) is 13.2 Å². The molecule has 6 nitrogen and oxygen atoms in total. The molecule has 0 aliphatic rings. The molecule has 0 aliphatic carbocycles. The van der Waals surface area contributed by atoms with Gasteiger partial charge in [-0.1, -0.05) is 317 Å². The van der Waals surface area contributed by atoms with Gasteiger partial charge < -0.3 is 14.2 Å². The van der Waals surface area contributed by atoms with Crippen LogP contribution in [0.4, 0.5) is 0 Å². The molecule has 0 saturated carbocycles. The molecule has 0 N–H and O–H groups in total. The second-order valence-corrected chi connectivity index (χ2v) is 22.4. The van der Waals surface area contributed by atoms with Crippen molar-refractivity contribution in [1.29, 1.82) is 0 Å². The molecule has 0 aromatic carbocycles. The Morgan fingerprint density at radius 1 is 0.304 bits per heavy atom. The van der Waals surface area contributed by atoms with Crippen molar-refractivity contribution in [2.45, 2.75) is 362 Å². The van der Waals surface area contributed by atoms with E-state index in [9.17, 15) is 14.4 Å². The largest absolute Gasteiger partial charge is 0.462 e. The van der Waals surface area contributed by atoms with Gasteiger partial charge in [-0.3, -0.25) is 14.4 Å². The summed E-state index contributed by atoms with van der Waals surface area (Å²) in [5.74, 6) is 0.883. The second kappa shape index (κ2) is 55.7. The zero-order valence-corrected chi connectivity index (χ0v) is 47.5. The summed E-state index contributed by atoms with van der Waals surface area (Å²) >= 11 is 0. The Hall–Kier alpha value is -1.59. The predicted octanol–water partition coefficient (Wildman–Crippen LogP) is 20.8. The molecule has 0 bridgehead atoms. The third-order valence-electron chi connectivity index (χ3n) is 14.8. The van der Waals surface area contributed by atoms with Gasteiger partial charge in [0.25, 0.3) is 0 Å². The maximum absolute atomic E-state index is 12.9. The smallest absolute Gasteiger partial charge is 0.306 e. The summed E-state index contributed by atoms with van der Waals surface area (Å²) < 4.78 is 16.9. The summed E-state index contributed by atoms with van der Waals surface area (Å²) in [5.41, 5.74) is 0. The monoisotopic (exact) mass is 975 g/mol. The molecule has 0 heterocycles. The van der Waals surface area contributed by atoms with Gasteiger partial charge >= 0.3 is 17.9 Å². The van der Waals surface area contributed by atoms with Crippen molar-refractivity contribution in [1.82, 2.24) is 0 Å². The minimum absolute atomic E-state index is 0.0622. The summed E-state index contributed by atoms with van der Waals surface area (Å²) in [6, 6.07) is 0. The minimum Gasteiger partial charge on any atom is -0.462 e. The molecule has 0 radical (unpaired) electrons. The van der Waals surface area contributed by atoms with E-state index in [0.29, 0.717) is 19.3 Å². The Morgan fingerprint density at radius 3 is 0.826 bits per heavy atom. The van der Waals surface area contributed by atoms with Gasteiger partial charge in [0.2, 0.25) is 0 Å². The van der Waals surface area contributed by atoms with Crippen LogP contribution in [-0.4, -0.2) is 37.2 Å². The molecule has 410 valence electrons. The van der Waals surface area contributed by atoms with Gasteiger partial charge in [0, 0.05) is 19.3 Å². The fraction of sp³-hybridized carbons (Fsp3) is 0.952. The molecule has 0 saturated heterocycles.